The highest BCUT2D eigenvalue weighted by molar-refractivity contribution is 9.10. The van der Waals surface area contributed by atoms with E-state index in [1.165, 1.54) is 11.3 Å². The van der Waals surface area contributed by atoms with Crippen molar-refractivity contribution in [2.75, 3.05) is 19.0 Å². The maximum atomic E-state index is 11.9. The van der Waals surface area contributed by atoms with Crippen molar-refractivity contribution in [2.24, 2.45) is 0 Å². The van der Waals surface area contributed by atoms with Gasteiger partial charge in [-0.15, -0.1) is 10.2 Å². The third-order valence-electron chi connectivity index (χ3n) is 3.36. The zero-order valence-electron chi connectivity index (χ0n) is 14.2. The number of amides is 1. The van der Waals surface area contributed by atoms with E-state index in [4.69, 9.17) is 21.1 Å². The number of methoxy groups -OCH3 is 1. The summed E-state index contributed by atoms with van der Waals surface area (Å²) in [5.74, 6) is 0.611. The number of benzene rings is 1. The van der Waals surface area contributed by atoms with Crippen molar-refractivity contribution in [2.45, 2.75) is 33.3 Å². The van der Waals surface area contributed by atoms with Gasteiger partial charge in [-0.2, -0.15) is 0 Å². The van der Waals surface area contributed by atoms with E-state index in [0.717, 1.165) is 31.4 Å². The maximum Gasteiger partial charge on any atom is 0.226 e. The molecule has 2 aromatic rings. The third kappa shape index (κ3) is 5.64. The van der Waals surface area contributed by atoms with E-state index in [-0.39, 0.29) is 5.91 Å². The fraction of sp³-hybridized carbons (Fsp3) is 0.438. The lowest BCUT2D eigenvalue weighted by Crippen LogP contribution is -2.12. The molecule has 0 bridgehead atoms. The molecule has 9 heteroatoms. The van der Waals surface area contributed by atoms with Crippen LogP contribution in [0.4, 0.5) is 5.13 Å². The second-order valence-electron chi connectivity index (χ2n) is 5.38. The van der Waals surface area contributed by atoms with Crippen LogP contribution >= 0.6 is 38.9 Å². The Balaban J connectivity index is 1.78. The SMILES string of the molecule is COCc1nnc(NC(=O)CCCOc2cc(C)c(Cl)c(C)c2Br)s1. The number of ether oxygens (including phenoxy) is 2. The first kappa shape index (κ1) is 20.1. The molecule has 0 radical (unpaired) electrons. The number of hydrogen-bond donors (Lipinski definition) is 1. The number of halogens is 2. The fourth-order valence-electron chi connectivity index (χ4n) is 2.09. The molecule has 6 nitrogen and oxygen atoms in total. The van der Waals surface area contributed by atoms with Crippen molar-refractivity contribution < 1.29 is 14.3 Å². The quantitative estimate of drug-likeness (QED) is 0.601. The summed E-state index contributed by atoms with van der Waals surface area (Å²) in [5.41, 5.74) is 1.90. The average Bonchev–Trinajstić information content (AvgIpc) is 3.01. The molecule has 0 saturated carbocycles. The van der Waals surface area contributed by atoms with E-state index in [2.05, 4.69) is 31.4 Å². The zero-order valence-corrected chi connectivity index (χ0v) is 17.3. The summed E-state index contributed by atoms with van der Waals surface area (Å²) in [6.07, 6.45) is 0.922. The van der Waals surface area contributed by atoms with Gasteiger partial charge < -0.3 is 14.8 Å². The molecule has 1 amide bonds. The van der Waals surface area contributed by atoms with Crippen LogP contribution in [0.15, 0.2) is 10.5 Å². The van der Waals surface area contributed by atoms with Crippen molar-refractivity contribution in [1.29, 1.82) is 0 Å². The molecular weight excluding hydrogens is 430 g/mol. The van der Waals surface area contributed by atoms with Gasteiger partial charge in [-0.3, -0.25) is 4.79 Å². The minimum absolute atomic E-state index is 0.119. The second kappa shape index (κ2) is 9.47. The summed E-state index contributed by atoms with van der Waals surface area (Å²) in [7, 11) is 1.59. The van der Waals surface area contributed by atoms with E-state index < -0.39 is 0 Å². The molecule has 1 aromatic heterocycles. The Morgan fingerprint density at radius 1 is 1.40 bits per heavy atom. The predicted molar refractivity (Wildman–Crippen MR) is 103 cm³/mol. The topological polar surface area (TPSA) is 73.3 Å². The Bertz CT molecular complexity index is 754. The van der Waals surface area contributed by atoms with Gasteiger partial charge in [0.1, 0.15) is 17.4 Å². The highest BCUT2D eigenvalue weighted by Crippen LogP contribution is 2.35. The average molecular weight is 449 g/mol. The minimum atomic E-state index is -0.119. The summed E-state index contributed by atoms with van der Waals surface area (Å²) in [6.45, 7) is 4.68. The van der Waals surface area contributed by atoms with Crippen LogP contribution in [0.3, 0.4) is 0 Å². The largest absolute Gasteiger partial charge is 0.492 e. The number of aryl methyl sites for hydroxylation is 1. The summed E-state index contributed by atoms with van der Waals surface area (Å²) >= 11 is 11.0. The van der Waals surface area contributed by atoms with Gasteiger partial charge in [-0.05, 0) is 53.4 Å². The van der Waals surface area contributed by atoms with Crippen LogP contribution in [0.2, 0.25) is 5.02 Å². The van der Waals surface area contributed by atoms with Gasteiger partial charge in [0.15, 0.2) is 0 Å². The van der Waals surface area contributed by atoms with Gasteiger partial charge >= 0.3 is 0 Å². The molecule has 1 aromatic carbocycles. The minimum Gasteiger partial charge on any atom is -0.492 e. The Kier molecular flexibility index (Phi) is 7.61. The summed E-state index contributed by atoms with van der Waals surface area (Å²) in [6, 6.07) is 1.89. The van der Waals surface area contributed by atoms with Gasteiger partial charge in [0.25, 0.3) is 0 Å². The highest BCUT2D eigenvalue weighted by atomic mass is 79.9. The number of carbonyl (C=O) groups is 1. The van der Waals surface area contributed by atoms with Crippen molar-refractivity contribution in [3.05, 3.63) is 31.7 Å². The molecule has 2 rings (SSSR count). The first-order valence-electron chi connectivity index (χ1n) is 7.61. The van der Waals surface area contributed by atoms with E-state index in [0.29, 0.717) is 31.2 Å². The molecule has 0 aliphatic carbocycles. The highest BCUT2D eigenvalue weighted by Gasteiger charge is 2.12. The fourth-order valence-corrected chi connectivity index (χ4v) is 3.51. The maximum absolute atomic E-state index is 11.9. The van der Waals surface area contributed by atoms with E-state index in [1.807, 2.05) is 19.9 Å². The lowest BCUT2D eigenvalue weighted by atomic mass is 10.1. The number of hydrogen-bond acceptors (Lipinski definition) is 6. The molecule has 0 atom stereocenters. The van der Waals surface area contributed by atoms with Gasteiger partial charge in [-0.1, -0.05) is 22.9 Å². The van der Waals surface area contributed by atoms with Crippen LogP contribution < -0.4 is 10.1 Å². The van der Waals surface area contributed by atoms with Crippen molar-refractivity contribution in [3.8, 4) is 5.75 Å². The van der Waals surface area contributed by atoms with Gasteiger partial charge in [0, 0.05) is 18.6 Å². The normalized spacial score (nSPS) is 10.8. The number of rotatable bonds is 8. The summed E-state index contributed by atoms with van der Waals surface area (Å²) in [5, 5.41) is 12.5. The molecule has 0 saturated heterocycles. The Labute approximate surface area is 164 Å². The van der Waals surface area contributed by atoms with Gasteiger partial charge in [0.05, 0.1) is 11.1 Å². The smallest absolute Gasteiger partial charge is 0.226 e. The van der Waals surface area contributed by atoms with E-state index in [9.17, 15) is 4.79 Å². The Morgan fingerprint density at radius 3 is 2.88 bits per heavy atom. The second-order valence-corrected chi connectivity index (χ2v) is 7.61. The molecule has 0 spiro atoms. The first-order chi connectivity index (χ1) is 11.9. The van der Waals surface area contributed by atoms with Crippen LogP contribution in [0.1, 0.15) is 29.0 Å². The van der Waals surface area contributed by atoms with E-state index in [1.54, 1.807) is 7.11 Å². The van der Waals surface area contributed by atoms with Crippen LogP contribution in [0.5, 0.6) is 5.75 Å². The molecular formula is C16H19BrClN3O3S. The van der Waals surface area contributed by atoms with Crippen LogP contribution in [0.25, 0.3) is 0 Å². The third-order valence-corrected chi connectivity index (χ3v) is 5.73. The monoisotopic (exact) mass is 447 g/mol. The first-order valence-corrected chi connectivity index (χ1v) is 9.60. The predicted octanol–water partition coefficient (Wildman–Crippen LogP) is 4.51. The number of nitrogens with zero attached hydrogens (tertiary/aromatic N) is 2. The molecule has 1 heterocycles. The molecule has 25 heavy (non-hydrogen) atoms. The van der Waals surface area contributed by atoms with Crippen molar-refractivity contribution in [3.63, 3.8) is 0 Å². The standard InChI is InChI=1S/C16H19BrClN3O3S/c1-9-7-11(14(17)10(2)15(9)18)24-6-4-5-12(22)19-16-21-20-13(25-16)8-23-3/h7H,4-6,8H2,1-3H3,(H,19,21,22). The molecule has 0 aliphatic heterocycles. The molecule has 0 aliphatic rings. The van der Waals surface area contributed by atoms with Crippen molar-refractivity contribution >= 4 is 49.9 Å². The summed E-state index contributed by atoms with van der Waals surface area (Å²) in [4.78, 5) is 11.9. The molecule has 136 valence electrons. The van der Waals surface area contributed by atoms with E-state index >= 15 is 0 Å². The van der Waals surface area contributed by atoms with Crippen LogP contribution in [-0.2, 0) is 16.1 Å². The van der Waals surface area contributed by atoms with Crippen LogP contribution in [0, 0.1) is 13.8 Å². The summed E-state index contributed by atoms with van der Waals surface area (Å²) < 4.78 is 11.6. The Hall–Kier alpha value is -1.22. The Morgan fingerprint density at radius 2 is 2.16 bits per heavy atom. The molecule has 0 fully saturated rings. The molecule has 0 unspecified atom stereocenters. The van der Waals surface area contributed by atoms with Gasteiger partial charge in [0.2, 0.25) is 11.0 Å². The lowest BCUT2D eigenvalue weighted by molar-refractivity contribution is -0.116. The molecule has 1 N–H and O–H groups in total. The van der Waals surface area contributed by atoms with Crippen molar-refractivity contribution in [1.82, 2.24) is 10.2 Å². The number of carbonyl (C=O) groups excluding carboxylic acids is 1. The number of anilines is 1. The number of nitrogens with one attached hydrogen (secondary N) is 1. The van der Waals surface area contributed by atoms with Crippen LogP contribution in [-0.4, -0.2) is 29.8 Å². The lowest BCUT2D eigenvalue weighted by Gasteiger charge is -2.13. The van der Waals surface area contributed by atoms with Gasteiger partial charge in [-0.25, -0.2) is 0 Å². The number of aromatic nitrogens is 2. The zero-order chi connectivity index (χ0) is 18.4.